The molecule has 2 atom stereocenters. The minimum absolute atomic E-state index is 0.683. The summed E-state index contributed by atoms with van der Waals surface area (Å²) in [5, 5.41) is 3.45. The Morgan fingerprint density at radius 3 is 2.92 bits per heavy atom. The molecule has 13 heavy (non-hydrogen) atoms. The van der Waals surface area contributed by atoms with Gasteiger partial charge < -0.3 is 10.2 Å². The van der Waals surface area contributed by atoms with Crippen LogP contribution in [0.2, 0.25) is 0 Å². The first-order chi connectivity index (χ1) is 6.29. The molecule has 3 heteroatoms. The van der Waals surface area contributed by atoms with Gasteiger partial charge in [-0.15, -0.1) is 0 Å². The summed E-state index contributed by atoms with van der Waals surface area (Å²) in [6, 6.07) is 1.42. The Morgan fingerprint density at radius 2 is 2.38 bits per heavy atom. The maximum Gasteiger partial charge on any atom is 0.0337 e. The third-order valence-corrected chi connectivity index (χ3v) is 3.93. The maximum absolute atomic E-state index is 3.45. The molecule has 1 fully saturated rings. The molecule has 2 nitrogen and oxygen atoms in total. The first-order valence-corrected chi connectivity index (χ1v) is 6.40. The molecule has 1 saturated heterocycles. The van der Waals surface area contributed by atoms with Gasteiger partial charge in [-0.3, -0.25) is 0 Å². The minimum Gasteiger partial charge on any atom is -0.315 e. The SMILES string of the molecule is CCCC(NC)C1CSCCN1C. The Hall–Kier alpha value is 0.270. The molecule has 1 aliphatic rings. The highest BCUT2D eigenvalue weighted by atomic mass is 32.2. The van der Waals surface area contributed by atoms with Gasteiger partial charge >= 0.3 is 0 Å². The molecule has 0 bridgehead atoms. The highest BCUT2D eigenvalue weighted by Crippen LogP contribution is 2.19. The molecular weight excluding hydrogens is 180 g/mol. The predicted octanol–water partition coefficient (Wildman–Crippen LogP) is 1.42. The van der Waals surface area contributed by atoms with Gasteiger partial charge in [-0.25, -0.2) is 0 Å². The molecule has 0 radical (unpaired) electrons. The second-order valence-corrected chi connectivity index (χ2v) is 4.96. The molecule has 78 valence electrons. The van der Waals surface area contributed by atoms with Crippen LogP contribution < -0.4 is 5.32 Å². The Labute approximate surface area is 86.5 Å². The van der Waals surface area contributed by atoms with E-state index in [9.17, 15) is 0 Å². The molecule has 1 aliphatic heterocycles. The van der Waals surface area contributed by atoms with Crippen LogP contribution in [0.4, 0.5) is 0 Å². The third-order valence-electron chi connectivity index (χ3n) is 2.88. The minimum atomic E-state index is 0.683. The summed E-state index contributed by atoms with van der Waals surface area (Å²) in [6.07, 6.45) is 2.58. The van der Waals surface area contributed by atoms with E-state index in [4.69, 9.17) is 0 Å². The molecule has 0 spiro atoms. The summed E-state index contributed by atoms with van der Waals surface area (Å²) in [6.45, 7) is 3.51. The zero-order chi connectivity index (χ0) is 9.68. The molecule has 0 aromatic carbocycles. The number of nitrogens with one attached hydrogen (secondary N) is 1. The van der Waals surface area contributed by atoms with Crippen molar-refractivity contribution in [3.8, 4) is 0 Å². The molecule has 1 N–H and O–H groups in total. The summed E-state index contributed by atoms with van der Waals surface area (Å²) in [5.41, 5.74) is 0. The van der Waals surface area contributed by atoms with Crippen LogP contribution in [-0.2, 0) is 0 Å². The number of nitrogens with zero attached hydrogens (tertiary/aromatic N) is 1. The molecule has 2 unspecified atom stereocenters. The van der Waals surface area contributed by atoms with Crippen LogP contribution in [-0.4, -0.2) is 49.1 Å². The summed E-state index contributed by atoms with van der Waals surface area (Å²) in [5.74, 6) is 2.59. The van der Waals surface area contributed by atoms with E-state index >= 15 is 0 Å². The summed E-state index contributed by atoms with van der Waals surface area (Å²) < 4.78 is 0. The van der Waals surface area contributed by atoms with Crippen molar-refractivity contribution in [2.24, 2.45) is 0 Å². The van der Waals surface area contributed by atoms with Gasteiger partial charge in [-0.2, -0.15) is 11.8 Å². The standard InChI is InChI=1S/C10H22N2S/c1-4-5-9(11-2)10-8-13-7-6-12(10)3/h9-11H,4-8H2,1-3H3. The molecule has 0 aromatic heterocycles. The zero-order valence-corrected chi connectivity index (χ0v) is 9.86. The number of hydrogen-bond donors (Lipinski definition) is 1. The van der Waals surface area contributed by atoms with E-state index in [1.54, 1.807) is 0 Å². The van der Waals surface area contributed by atoms with Crippen LogP contribution in [0.25, 0.3) is 0 Å². The van der Waals surface area contributed by atoms with Gasteiger partial charge in [-0.05, 0) is 20.5 Å². The average molecular weight is 202 g/mol. The average Bonchev–Trinajstić information content (AvgIpc) is 2.16. The predicted molar refractivity (Wildman–Crippen MR) is 61.5 cm³/mol. The Kier molecular flexibility index (Phi) is 5.14. The third kappa shape index (κ3) is 3.15. The molecular formula is C10H22N2S. The monoisotopic (exact) mass is 202 g/mol. The quantitative estimate of drug-likeness (QED) is 0.742. The van der Waals surface area contributed by atoms with Crippen LogP contribution in [0.1, 0.15) is 19.8 Å². The van der Waals surface area contributed by atoms with E-state index in [0.29, 0.717) is 6.04 Å². The van der Waals surface area contributed by atoms with E-state index in [1.807, 2.05) is 0 Å². The first-order valence-electron chi connectivity index (χ1n) is 5.24. The lowest BCUT2D eigenvalue weighted by Gasteiger charge is -2.37. The van der Waals surface area contributed by atoms with Crippen molar-refractivity contribution in [2.75, 3.05) is 32.1 Å². The van der Waals surface area contributed by atoms with Crippen LogP contribution in [0.15, 0.2) is 0 Å². The van der Waals surface area contributed by atoms with Gasteiger partial charge in [0, 0.05) is 30.1 Å². The van der Waals surface area contributed by atoms with Crippen molar-refractivity contribution < 1.29 is 0 Å². The van der Waals surface area contributed by atoms with Crippen LogP contribution in [0.3, 0.4) is 0 Å². The Bertz CT molecular complexity index is 141. The van der Waals surface area contributed by atoms with Crippen molar-refractivity contribution >= 4 is 11.8 Å². The highest BCUT2D eigenvalue weighted by Gasteiger charge is 2.25. The normalized spacial score (nSPS) is 27.5. The zero-order valence-electron chi connectivity index (χ0n) is 9.05. The molecule has 0 saturated carbocycles. The number of thioether (sulfide) groups is 1. The number of rotatable bonds is 4. The highest BCUT2D eigenvalue weighted by molar-refractivity contribution is 7.99. The lowest BCUT2D eigenvalue weighted by atomic mass is 10.0. The lowest BCUT2D eigenvalue weighted by Crippen LogP contribution is -2.51. The van der Waals surface area contributed by atoms with Crippen LogP contribution in [0.5, 0.6) is 0 Å². The van der Waals surface area contributed by atoms with Crippen molar-refractivity contribution in [1.82, 2.24) is 10.2 Å². The van der Waals surface area contributed by atoms with E-state index < -0.39 is 0 Å². The van der Waals surface area contributed by atoms with E-state index in [2.05, 4.69) is 43.0 Å². The van der Waals surface area contributed by atoms with Crippen molar-refractivity contribution in [3.05, 3.63) is 0 Å². The number of hydrogen-bond acceptors (Lipinski definition) is 3. The second-order valence-electron chi connectivity index (χ2n) is 3.81. The fourth-order valence-electron chi connectivity index (χ4n) is 1.97. The first kappa shape index (κ1) is 11.3. The Morgan fingerprint density at radius 1 is 1.62 bits per heavy atom. The number of likely N-dealkylation sites (N-methyl/N-ethyl adjacent to an activating group) is 2. The van der Waals surface area contributed by atoms with Crippen molar-refractivity contribution in [3.63, 3.8) is 0 Å². The van der Waals surface area contributed by atoms with E-state index in [0.717, 1.165) is 6.04 Å². The van der Waals surface area contributed by atoms with Gasteiger partial charge in [0.05, 0.1) is 0 Å². The van der Waals surface area contributed by atoms with Crippen LogP contribution in [0, 0.1) is 0 Å². The molecule has 1 heterocycles. The second kappa shape index (κ2) is 5.89. The van der Waals surface area contributed by atoms with E-state index in [1.165, 1.54) is 30.9 Å². The lowest BCUT2D eigenvalue weighted by molar-refractivity contribution is 0.213. The van der Waals surface area contributed by atoms with Gasteiger partial charge in [0.25, 0.3) is 0 Å². The summed E-state index contributed by atoms with van der Waals surface area (Å²) in [7, 11) is 4.35. The molecule has 0 aliphatic carbocycles. The van der Waals surface area contributed by atoms with Gasteiger partial charge in [-0.1, -0.05) is 13.3 Å². The topological polar surface area (TPSA) is 15.3 Å². The van der Waals surface area contributed by atoms with Gasteiger partial charge in [0.2, 0.25) is 0 Å². The molecule has 1 rings (SSSR count). The van der Waals surface area contributed by atoms with Gasteiger partial charge in [0.15, 0.2) is 0 Å². The summed E-state index contributed by atoms with van der Waals surface area (Å²) >= 11 is 2.09. The van der Waals surface area contributed by atoms with E-state index in [-0.39, 0.29) is 0 Å². The van der Waals surface area contributed by atoms with Gasteiger partial charge in [0.1, 0.15) is 0 Å². The molecule has 0 amide bonds. The fraction of sp³-hybridized carbons (Fsp3) is 1.00. The largest absolute Gasteiger partial charge is 0.315 e. The van der Waals surface area contributed by atoms with Crippen molar-refractivity contribution in [2.45, 2.75) is 31.8 Å². The maximum atomic E-state index is 3.45. The Balaban J connectivity index is 2.44. The fourth-order valence-corrected chi connectivity index (χ4v) is 3.28. The van der Waals surface area contributed by atoms with Crippen molar-refractivity contribution in [1.29, 1.82) is 0 Å². The molecule has 0 aromatic rings. The smallest absolute Gasteiger partial charge is 0.0337 e. The van der Waals surface area contributed by atoms with Crippen LogP contribution >= 0.6 is 11.8 Å². The summed E-state index contributed by atoms with van der Waals surface area (Å²) in [4.78, 5) is 2.51.